The first kappa shape index (κ1) is 25.4. The predicted molar refractivity (Wildman–Crippen MR) is 133 cm³/mol. The maximum absolute atomic E-state index is 13.6. The molecule has 0 bridgehead atoms. The summed E-state index contributed by atoms with van der Waals surface area (Å²) in [7, 11) is -3.17. The minimum Gasteiger partial charge on any atom is -0.446 e. The van der Waals surface area contributed by atoms with Gasteiger partial charge in [0.15, 0.2) is 20.2 Å². The highest BCUT2D eigenvalue weighted by atomic mass is 32.8. The third kappa shape index (κ3) is 5.27. The number of furan rings is 1. The standard InChI is InChI=1S/C25H21F3N4O3S2/c26-25(27,28)23-15-30-19(14-31-23)16-9-10-29-18(12-16)7-8-21(33)20-5-3-11-32(20)37(34,36)24-13-17-4-1-2-6-22(17)35-24/h1-2,4,6,9-10,12-15,20H,3,5,7-8,11H2/t20-,37?/m0/s1. The lowest BCUT2D eigenvalue weighted by Crippen LogP contribution is -2.40. The zero-order valence-electron chi connectivity index (χ0n) is 19.4. The molecule has 1 aliphatic heterocycles. The van der Waals surface area contributed by atoms with Crippen LogP contribution in [0.2, 0.25) is 0 Å². The van der Waals surface area contributed by atoms with Crippen molar-refractivity contribution >= 4 is 36.6 Å². The molecule has 0 amide bonds. The smallest absolute Gasteiger partial charge is 0.434 e. The van der Waals surface area contributed by atoms with Crippen LogP contribution in [0.3, 0.4) is 0 Å². The second-order valence-electron chi connectivity index (χ2n) is 8.66. The summed E-state index contributed by atoms with van der Waals surface area (Å²) in [6.45, 7) is 0.427. The van der Waals surface area contributed by atoms with Crippen LogP contribution in [0.1, 0.15) is 30.7 Å². The van der Waals surface area contributed by atoms with E-state index in [1.807, 2.05) is 18.2 Å². The van der Waals surface area contributed by atoms with E-state index in [0.717, 1.165) is 11.6 Å². The van der Waals surface area contributed by atoms with Crippen LogP contribution >= 0.6 is 0 Å². The summed E-state index contributed by atoms with van der Waals surface area (Å²) >= 11 is 5.50. The summed E-state index contributed by atoms with van der Waals surface area (Å²) in [6.07, 6.45) is 0.349. The molecular formula is C25H21F3N4O3S2. The Hall–Kier alpha value is -3.22. The molecule has 7 nitrogen and oxygen atoms in total. The van der Waals surface area contributed by atoms with Crippen LogP contribution in [0.25, 0.3) is 22.2 Å². The average Bonchev–Trinajstić information content (AvgIpc) is 3.55. The van der Waals surface area contributed by atoms with E-state index in [9.17, 15) is 22.2 Å². The van der Waals surface area contributed by atoms with E-state index in [4.69, 9.17) is 15.6 Å². The molecule has 3 aromatic heterocycles. The van der Waals surface area contributed by atoms with Crippen molar-refractivity contribution in [1.82, 2.24) is 19.3 Å². The van der Waals surface area contributed by atoms with Crippen LogP contribution in [-0.2, 0) is 37.3 Å². The summed E-state index contributed by atoms with van der Waals surface area (Å²) < 4.78 is 59.3. The topological polar surface area (TPSA) is 89.2 Å². The average molecular weight is 547 g/mol. The monoisotopic (exact) mass is 546 g/mol. The number of alkyl halides is 3. The Morgan fingerprint density at radius 1 is 1.14 bits per heavy atom. The molecule has 0 radical (unpaired) electrons. The number of rotatable bonds is 7. The number of halogens is 3. The second kappa shape index (κ2) is 9.92. The molecule has 1 aliphatic rings. The quantitative estimate of drug-likeness (QED) is 0.323. The lowest BCUT2D eigenvalue weighted by atomic mass is 10.0. The Kier molecular flexibility index (Phi) is 6.82. The zero-order chi connectivity index (χ0) is 26.2. The third-order valence-electron chi connectivity index (χ3n) is 6.22. The van der Waals surface area contributed by atoms with Crippen LogP contribution in [0.5, 0.6) is 0 Å². The van der Waals surface area contributed by atoms with Gasteiger partial charge in [0.2, 0.25) is 5.09 Å². The fourth-order valence-corrected chi connectivity index (χ4v) is 6.78. The van der Waals surface area contributed by atoms with Crippen molar-refractivity contribution in [2.75, 3.05) is 6.54 Å². The SMILES string of the molecule is O=C(CCc1cc(-c2cnc(C(F)(F)F)cn2)ccn1)[C@@H]1CCCN1S(=O)(=S)c1cc2ccccc2o1. The second-order valence-corrected chi connectivity index (χ2v) is 11.8. The van der Waals surface area contributed by atoms with Crippen LogP contribution < -0.4 is 0 Å². The number of hydrogen-bond acceptors (Lipinski definition) is 7. The number of pyridine rings is 1. The van der Waals surface area contributed by atoms with E-state index >= 15 is 0 Å². The molecule has 0 saturated carbocycles. The summed E-state index contributed by atoms with van der Waals surface area (Å²) in [5.41, 5.74) is 0.897. The molecule has 5 rings (SSSR count). The summed E-state index contributed by atoms with van der Waals surface area (Å²) in [6, 6.07) is 11.6. The molecule has 1 fully saturated rings. The van der Waals surface area contributed by atoms with Gasteiger partial charge in [0, 0.05) is 53.1 Å². The van der Waals surface area contributed by atoms with E-state index in [1.54, 1.807) is 28.6 Å². The third-order valence-corrected chi connectivity index (χ3v) is 9.05. The number of aromatic nitrogens is 3. The van der Waals surface area contributed by atoms with Gasteiger partial charge < -0.3 is 4.42 Å². The maximum atomic E-state index is 13.6. The van der Waals surface area contributed by atoms with E-state index in [1.165, 1.54) is 6.20 Å². The number of Topliss-reactive ketones (excluding diaryl/α,β-unsaturated/α-hetero) is 1. The Balaban J connectivity index is 1.28. The minimum absolute atomic E-state index is 0.104. The molecule has 37 heavy (non-hydrogen) atoms. The van der Waals surface area contributed by atoms with E-state index in [-0.39, 0.29) is 23.0 Å². The molecule has 0 N–H and O–H groups in total. The Bertz CT molecular complexity index is 1520. The number of hydrogen-bond donors (Lipinski definition) is 0. The van der Waals surface area contributed by atoms with Crippen LogP contribution in [0.4, 0.5) is 13.2 Å². The van der Waals surface area contributed by atoms with Crippen molar-refractivity contribution in [2.24, 2.45) is 0 Å². The lowest BCUT2D eigenvalue weighted by Gasteiger charge is -2.24. The van der Waals surface area contributed by atoms with Gasteiger partial charge in [0.1, 0.15) is 5.58 Å². The lowest BCUT2D eigenvalue weighted by molar-refractivity contribution is -0.141. The molecule has 1 saturated heterocycles. The molecule has 192 valence electrons. The van der Waals surface area contributed by atoms with E-state index in [2.05, 4.69) is 15.0 Å². The van der Waals surface area contributed by atoms with Gasteiger partial charge in [-0.25, -0.2) is 13.5 Å². The first-order valence-corrected chi connectivity index (χ1v) is 13.9. The van der Waals surface area contributed by atoms with Gasteiger partial charge in [-0.1, -0.05) is 18.2 Å². The molecule has 12 heteroatoms. The molecule has 0 aliphatic carbocycles. The molecule has 4 aromatic rings. The van der Waals surface area contributed by atoms with Gasteiger partial charge in [-0.2, -0.15) is 13.2 Å². The number of carbonyl (C=O) groups is 1. The highest BCUT2D eigenvalue weighted by Crippen LogP contribution is 2.31. The molecule has 2 atom stereocenters. The van der Waals surface area contributed by atoms with Gasteiger partial charge >= 0.3 is 6.18 Å². The largest absolute Gasteiger partial charge is 0.446 e. The fourth-order valence-electron chi connectivity index (χ4n) is 4.37. The number of para-hydroxylation sites is 1. The molecule has 1 aromatic carbocycles. The molecule has 1 unspecified atom stereocenters. The van der Waals surface area contributed by atoms with Gasteiger partial charge in [0.25, 0.3) is 0 Å². The summed E-state index contributed by atoms with van der Waals surface area (Å²) in [5.74, 6) is -0.104. The van der Waals surface area contributed by atoms with Crippen molar-refractivity contribution < 1.29 is 26.6 Å². The van der Waals surface area contributed by atoms with Crippen molar-refractivity contribution in [1.29, 1.82) is 0 Å². The van der Waals surface area contributed by atoms with Crippen LogP contribution in [-0.4, -0.2) is 41.8 Å². The molecule has 0 spiro atoms. The van der Waals surface area contributed by atoms with Crippen molar-refractivity contribution in [3.63, 3.8) is 0 Å². The summed E-state index contributed by atoms with van der Waals surface area (Å²) in [4.78, 5) is 24.7. The first-order chi connectivity index (χ1) is 17.6. The van der Waals surface area contributed by atoms with Crippen molar-refractivity contribution in [3.8, 4) is 11.3 Å². The molecule has 4 heterocycles. The maximum Gasteiger partial charge on any atom is 0.434 e. The van der Waals surface area contributed by atoms with E-state index < -0.39 is 26.6 Å². The highest BCUT2D eigenvalue weighted by Gasteiger charge is 2.38. The Morgan fingerprint density at radius 3 is 2.68 bits per heavy atom. The fraction of sp³-hybridized carbons (Fsp3) is 0.280. The number of ketones is 1. The van der Waals surface area contributed by atoms with Gasteiger partial charge in [-0.15, -0.1) is 0 Å². The van der Waals surface area contributed by atoms with Gasteiger partial charge in [-0.05, 0) is 37.5 Å². The number of nitrogens with zero attached hydrogens (tertiary/aromatic N) is 4. The number of aryl methyl sites for hydroxylation is 1. The highest BCUT2D eigenvalue weighted by molar-refractivity contribution is 8.31. The normalized spacial score (nSPS) is 18.2. The van der Waals surface area contributed by atoms with Crippen molar-refractivity contribution in [2.45, 2.75) is 43.0 Å². The minimum atomic E-state index is -4.57. The van der Waals surface area contributed by atoms with Gasteiger partial charge in [0.05, 0.1) is 24.1 Å². The number of carbonyl (C=O) groups excluding carboxylic acids is 1. The van der Waals surface area contributed by atoms with Crippen LogP contribution in [0, 0.1) is 0 Å². The molecular weight excluding hydrogens is 525 g/mol. The number of benzene rings is 1. The van der Waals surface area contributed by atoms with E-state index in [0.29, 0.717) is 48.8 Å². The summed E-state index contributed by atoms with van der Waals surface area (Å²) in [5, 5.41) is 0.969. The zero-order valence-corrected chi connectivity index (χ0v) is 21.0. The predicted octanol–water partition coefficient (Wildman–Crippen LogP) is 4.99. The van der Waals surface area contributed by atoms with Crippen LogP contribution in [0.15, 0.2) is 70.6 Å². The Morgan fingerprint density at radius 2 is 1.95 bits per heavy atom. The van der Waals surface area contributed by atoms with Crippen molar-refractivity contribution in [3.05, 3.63) is 72.4 Å². The van der Waals surface area contributed by atoms with Gasteiger partial charge in [-0.3, -0.25) is 14.8 Å². The number of fused-ring (bicyclic) bond motifs is 1. The Labute approximate surface area is 215 Å². The first-order valence-electron chi connectivity index (χ1n) is 11.5.